The summed E-state index contributed by atoms with van der Waals surface area (Å²) in [5.41, 5.74) is 0.968. The van der Waals surface area contributed by atoms with Gasteiger partial charge in [-0.2, -0.15) is 0 Å². The SMILES string of the molecule is COCCN(Cc1nc2ccccc2c(=O)[nH]1)C(=O)[C@H]1CC(=O)N(c2ccc3c(c2)OCCO3)C1. The number of aromatic amines is 1. The minimum Gasteiger partial charge on any atom is -0.486 e. The van der Waals surface area contributed by atoms with Gasteiger partial charge in [0.15, 0.2) is 11.5 Å². The number of H-pyrrole nitrogens is 1. The van der Waals surface area contributed by atoms with Crippen molar-refractivity contribution >= 4 is 28.4 Å². The van der Waals surface area contributed by atoms with E-state index < -0.39 is 5.92 Å². The summed E-state index contributed by atoms with van der Waals surface area (Å²) in [5, 5.41) is 0.488. The van der Waals surface area contributed by atoms with Crippen molar-refractivity contribution in [2.45, 2.75) is 13.0 Å². The van der Waals surface area contributed by atoms with Crippen LogP contribution in [0.5, 0.6) is 11.5 Å². The average molecular weight is 479 g/mol. The number of ether oxygens (including phenoxy) is 3. The number of anilines is 1. The maximum absolute atomic E-state index is 13.5. The van der Waals surface area contributed by atoms with Gasteiger partial charge in [0.2, 0.25) is 11.8 Å². The molecular formula is C25H26N4O6. The molecule has 10 nitrogen and oxygen atoms in total. The summed E-state index contributed by atoms with van der Waals surface area (Å²) in [6, 6.07) is 12.4. The molecule has 3 aromatic rings. The number of amides is 2. The molecule has 0 saturated carbocycles. The van der Waals surface area contributed by atoms with Gasteiger partial charge in [-0.1, -0.05) is 12.1 Å². The van der Waals surface area contributed by atoms with Crippen LogP contribution >= 0.6 is 0 Å². The molecule has 0 bridgehead atoms. The molecule has 5 rings (SSSR count). The highest BCUT2D eigenvalue weighted by atomic mass is 16.6. The highest BCUT2D eigenvalue weighted by Crippen LogP contribution is 2.36. The number of para-hydroxylation sites is 1. The summed E-state index contributed by atoms with van der Waals surface area (Å²) >= 11 is 0. The maximum Gasteiger partial charge on any atom is 0.258 e. The molecule has 0 radical (unpaired) electrons. The highest BCUT2D eigenvalue weighted by molar-refractivity contribution is 6.00. The standard InChI is InChI=1S/C25H26N4O6/c1-33-9-8-28(15-22-26-19-5-3-2-4-18(19)24(31)27-22)25(32)16-12-23(30)29(14-16)17-6-7-20-21(13-17)35-11-10-34-20/h2-7,13,16H,8-12,14-15H2,1H3,(H,26,27,31)/t16-/m0/s1. The van der Waals surface area contributed by atoms with E-state index in [1.54, 1.807) is 53.3 Å². The molecular weight excluding hydrogens is 452 g/mol. The summed E-state index contributed by atoms with van der Waals surface area (Å²) in [6.07, 6.45) is 0.0957. The Morgan fingerprint density at radius 3 is 2.80 bits per heavy atom. The zero-order chi connectivity index (χ0) is 24.4. The smallest absolute Gasteiger partial charge is 0.258 e. The van der Waals surface area contributed by atoms with Gasteiger partial charge in [0.05, 0.1) is 30.0 Å². The minimum atomic E-state index is -0.528. The third-order valence-electron chi connectivity index (χ3n) is 6.19. The van der Waals surface area contributed by atoms with E-state index in [0.717, 1.165) is 0 Å². The van der Waals surface area contributed by atoms with Gasteiger partial charge in [-0.3, -0.25) is 14.4 Å². The van der Waals surface area contributed by atoms with Crippen molar-refractivity contribution in [3.8, 4) is 11.5 Å². The molecule has 35 heavy (non-hydrogen) atoms. The molecule has 0 aliphatic carbocycles. The molecule has 2 aliphatic rings. The van der Waals surface area contributed by atoms with Crippen molar-refractivity contribution in [1.82, 2.24) is 14.9 Å². The molecule has 0 spiro atoms. The van der Waals surface area contributed by atoms with Crippen molar-refractivity contribution < 1.29 is 23.8 Å². The van der Waals surface area contributed by atoms with Crippen LogP contribution in [0.4, 0.5) is 5.69 Å². The molecule has 182 valence electrons. The Bertz CT molecular complexity index is 1320. The first-order chi connectivity index (χ1) is 17.0. The van der Waals surface area contributed by atoms with Gasteiger partial charge in [0.25, 0.3) is 5.56 Å². The van der Waals surface area contributed by atoms with E-state index in [1.807, 2.05) is 6.07 Å². The quantitative estimate of drug-likeness (QED) is 0.550. The number of methoxy groups -OCH3 is 1. The van der Waals surface area contributed by atoms with Gasteiger partial charge in [0, 0.05) is 38.4 Å². The van der Waals surface area contributed by atoms with Gasteiger partial charge >= 0.3 is 0 Å². The summed E-state index contributed by atoms with van der Waals surface area (Å²) in [4.78, 5) is 49.3. The number of fused-ring (bicyclic) bond motifs is 2. The monoisotopic (exact) mass is 478 g/mol. The zero-order valence-electron chi connectivity index (χ0n) is 19.4. The van der Waals surface area contributed by atoms with Crippen LogP contribution in [-0.2, 0) is 20.9 Å². The van der Waals surface area contributed by atoms with Gasteiger partial charge in [-0.15, -0.1) is 0 Å². The fourth-order valence-electron chi connectivity index (χ4n) is 4.44. The first kappa shape index (κ1) is 22.9. The van der Waals surface area contributed by atoms with Crippen LogP contribution in [0.2, 0.25) is 0 Å². The second kappa shape index (κ2) is 9.75. The van der Waals surface area contributed by atoms with Crippen molar-refractivity contribution in [1.29, 1.82) is 0 Å². The predicted octanol–water partition coefficient (Wildman–Crippen LogP) is 1.72. The summed E-state index contributed by atoms with van der Waals surface area (Å²) in [6.45, 7) is 1.92. The lowest BCUT2D eigenvalue weighted by Gasteiger charge is -2.25. The van der Waals surface area contributed by atoms with Crippen LogP contribution in [0.25, 0.3) is 10.9 Å². The fourth-order valence-corrected chi connectivity index (χ4v) is 4.44. The first-order valence-corrected chi connectivity index (χ1v) is 11.5. The van der Waals surface area contributed by atoms with Crippen molar-refractivity contribution in [2.24, 2.45) is 5.92 Å². The second-order valence-electron chi connectivity index (χ2n) is 8.52. The minimum absolute atomic E-state index is 0.0957. The van der Waals surface area contributed by atoms with Crippen LogP contribution in [0.3, 0.4) is 0 Å². The molecule has 1 aromatic heterocycles. The van der Waals surface area contributed by atoms with E-state index in [4.69, 9.17) is 14.2 Å². The number of aromatic nitrogens is 2. The van der Waals surface area contributed by atoms with E-state index in [2.05, 4.69) is 9.97 Å². The van der Waals surface area contributed by atoms with Crippen LogP contribution in [0.15, 0.2) is 47.3 Å². The van der Waals surface area contributed by atoms with Gasteiger partial charge in [-0.25, -0.2) is 4.98 Å². The Morgan fingerprint density at radius 2 is 1.97 bits per heavy atom. The zero-order valence-corrected chi connectivity index (χ0v) is 19.4. The fraction of sp³-hybridized carbons (Fsp3) is 0.360. The van der Waals surface area contributed by atoms with E-state index in [-0.39, 0.29) is 36.9 Å². The van der Waals surface area contributed by atoms with Crippen molar-refractivity contribution in [2.75, 3.05) is 44.9 Å². The molecule has 10 heteroatoms. The van der Waals surface area contributed by atoms with Crippen LogP contribution < -0.4 is 19.9 Å². The number of carbonyl (C=O) groups excluding carboxylic acids is 2. The van der Waals surface area contributed by atoms with Gasteiger partial charge in [0.1, 0.15) is 19.0 Å². The number of carbonyl (C=O) groups is 2. The van der Waals surface area contributed by atoms with Crippen LogP contribution in [-0.4, -0.2) is 66.7 Å². The summed E-state index contributed by atoms with van der Waals surface area (Å²) < 4.78 is 16.4. The number of hydrogen-bond donors (Lipinski definition) is 1. The van der Waals surface area contributed by atoms with E-state index in [1.165, 1.54) is 0 Å². The molecule has 2 aromatic carbocycles. The van der Waals surface area contributed by atoms with Gasteiger partial charge in [-0.05, 0) is 24.3 Å². The molecule has 1 atom stereocenters. The normalized spacial score (nSPS) is 17.1. The molecule has 1 saturated heterocycles. The summed E-state index contributed by atoms with van der Waals surface area (Å²) in [7, 11) is 1.56. The van der Waals surface area contributed by atoms with E-state index in [9.17, 15) is 14.4 Å². The third-order valence-corrected chi connectivity index (χ3v) is 6.19. The predicted molar refractivity (Wildman–Crippen MR) is 128 cm³/mol. The number of hydrogen-bond acceptors (Lipinski definition) is 7. The van der Waals surface area contributed by atoms with Gasteiger partial charge < -0.3 is 29.0 Å². The van der Waals surface area contributed by atoms with Crippen LogP contribution in [0, 0.1) is 5.92 Å². The molecule has 1 N–H and O–H groups in total. The highest BCUT2D eigenvalue weighted by Gasteiger charge is 2.37. The third kappa shape index (κ3) is 4.69. The number of nitrogens with one attached hydrogen (secondary N) is 1. The Balaban J connectivity index is 1.34. The number of rotatable bonds is 7. The molecule has 2 aliphatic heterocycles. The molecule has 0 unspecified atom stereocenters. The molecule has 3 heterocycles. The molecule has 2 amide bonds. The Hall–Kier alpha value is -3.92. The number of benzene rings is 2. The van der Waals surface area contributed by atoms with E-state index in [0.29, 0.717) is 60.3 Å². The van der Waals surface area contributed by atoms with E-state index >= 15 is 0 Å². The van der Waals surface area contributed by atoms with Crippen molar-refractivity contribution in [3.05, 3.63) is 58.6 Å². The van der Waals surface area contributed by atoms with Crippen LogP contribution in [0.1, 0.15) is 12.2 Å². The molecule has 1 fully saturated rings. The lowest BCUT2D eigenvalue weighted by atomic mass is 10.1. The Kier molecular flexibility index (Phi) is 6.37. The topological polar surface area (TPSA) is 114 Å². The van der Waals surface area contributed by atoms with Crippen molar-refractivity contribution in [3.63, 3.8) is 0 Å². The lowest BCUT2D eigenvalue weighted by Crippen LogP contribution is -2.39. The second-order valence-corrected chi connectivity index (χ2v) is 8.52. The lowest BCUT2D eigenvalue weighted by molar-refractivity contribution is -0.137. The first-order valence-electron chi connectivity index (χ1n) is 11.5. The average Bonchev–Trinajstić information content (AvgIpc) is 3.27. The maximum atomic E-state index is 13.5. The Morgan fingerprint density at radius 1 is 1.17 bits per heavy atom. The summed E-state index contributed by atoms with van der Waals surface area (Å²) in [5.74, 6) is 0.757. The largest absolute Gasteiger partial charge is 0.486 e. The Labute approximate surface area is 201 Å². The number of nitrogens with zero attached hydrogens (tertiary/aromatic N) is 3.